The van der Waals surface area contributed by atoms with Gasteiger partial charge < -0.3 is 4.52 Å². The van der Waals surface area contributed by atoms with Crippen LogP contribution in [0.4, 0.5) is 18.9 Å². The van der Waals surface area contributed by atoms with Crippen LogP contribution in [-0.4, -0.2) is 16.4 Å². The molecule has 0 bridgehead atoms. The molecule has 0 saturated heterocycles. The Hall–Kier alpha value is -2.96. The summed E-state index contributed by atoms with van der Waals surface area (Å²) in [5, 5.41) is 3.69. The number of halogens is 3. The highest BCUT2D eigenvalue weighted by molar-refractivity contribution is 5.82. The van der Waals surface area contributed by atoms with E-state index in [-0.39, 0.29) is 5.56 Å². The molecule has 3 rings (SSSR count). The minimum absolute atomic E-state index is 0.124. The Balaban J connectivity index is 1.81. The summed E-state index contributed by atoms with van der Waals surface area (Å²) in [6.45, 7) is 0. The van der Waals surface area contributed by atoms with Crippen LogP contribution in [-0.2, 0) is 0 Å². The van der Waals surface area contributed by atoms with Crippen LogP contribution >= 0.6 is 0 Å². The normalized spacial score (nSPS) is 11.2. The van der Waals surface area contributed by atoms with Gasteiger partial charge in [-0.2, -0.15) is 4.98 Å². The van der Waals surface area contributed by atoms with Crippen LogP contribution in [0, 0.1) is 17.5 Å². The number of hydrogen-bond acceptors (Lipinski definition) is 4. The van der Waals surface area contributed by atoms with Crippen molar-refractivity contribution in [3.8, 4) is 11.4 Å². The van der Waals surface area contributed by atoms with Gasteiger partial charge >= 0.3 is 0 Å². The summed E-state index contributed by atoms with van der Waals surface area (Å²) in [4.78, 5) is 7.97. The molecule has 110 valence electrons. The van der Waals surface area contributed by atoms with E-state index in [4.69, 9.17) is 0 Å². The first-order valence-corrected chi connectivity index (χ1v) is 6.19. The Labute approximate surface area is 122 Å². The van der Waals surface area contributed by atoms with Crippen molar-refractivity contribution in [2.45, 2.75) is 0 Å². The van der Waals surface area contributed by atoms with Crippen molar-refractivity contribution in [3.05, 3.63) is 65.8 Å². The van der Waals surface area contributed by atoms with E-state index in [2.05, 4.69) is 19.7 Å². The van der Waals surface area contributed by atoms with Crippen molar-refractivity contribution in [3.63, 3.8) is 0 Å². The van der Waals surface area contributed by atoms with Crippen molar-refractivity contribution < 1.29 is 17.7 Å². The molecule has 0 aliphatic heterocycles. The van der Waals surface area contributed by atoms with Gasteiger partial charge in [0.1, 0.15) is 0 Å². The fourth-order valence-electron chi connectivity index (χ4n) is 1.79. The molecule has 0 N–H and O–H groups in total. The maximum absolute atomic E-state index is 13.1. The molecular weight excluding hydrogens is 295 g/mol. The zero-order valence-corrected chi connectivity index (χ0v) is 11.0. The molecule has 2 aromatic carbocycles. The third-order valence-corrected chi connectivity index (χ3v) is 2.86. The van der Waals surface area contributed by atoms with Gasteiger partial charge in [-0.1, -0.05) is 5.16 Å². The predicted octanol–water partition coefficient (Wildman–Crippen LogP) is 3.90. The lowest BCUT2D eigenvalue weighted by molar-refractivity contribution is 0.419. The van der Waals surface area contributed by atoms with E-state index >= 15 is 0 Å². The van der Waals surface area contributed by atoms with E-state index in [1.54, 1.807) is 24.3 Å². The molecule has 0 saturated carbocycles. The summed E-state index contributed by atoms with van der Waals surface area (Å²) in [7, 11) is 0. The third-order valence-electron chi connectivity index (χ3n) is 2.86. The third kappa shape index (κ3) is 2.88. The molecule has 4 nitrogen and oxygen atoms in total. The fraction of sp³-hybridized carbons (Fsp3) is 0. The summed E-state index contributed by atoms with van der Waals surface area (Å²) in [5.74, 6) is -3.57. The molecule has 0 aliphatic rings. The number of rotatable bonds is 3. The van der Waals surface area contributed by atoms with Gasteiger partial charge in [-0.25, -0.2) is 13.2 Å². The maximum Gasteiger partial charge on any atom is 0.214 e. The van der Waals surface area contributed by atoms with Gasteiger partial charge in [-0.05, 0) is 42.0 Å². The van der Waals surface area contributed by atoms with Gasteiger partial charge in [0.15, 0.2) is 17.5 Å². The summed E-state index contributed by atoms with van der Waals surface area (Å²) < 4.78 is 43.6. The number of aromatic nitrogens is 2. The molecule has 3 aromatic rings. The molecule has 0 radical (unpaired) electrons. The van der Waals surface area contributed by atoms with Crippen molar-refractivity contribution in [2.75, 3.05) is 0 Å². The van der Waals surface area contributed by atoms with Crippen LogP contribution in [0.1, 0.15) is 5.56 Å². The molecule has 0 aliphatic carbocycles. The summed E-state index contributed by atoms with van der Waals surface area (Å²) in [5.41, 5.74) is 1.42. The van der Waals surface area contributed by atoms with Crippen LogP contribution in [0.15, 0.2) is 52.3 Å². The number of hydrogen-bond donors (Lipinski definition) is 0. The lowest BCUT2D eigenvalue weighted by Crippen LogP contribution is -1.93. The van der Waals surface area contributed by atoms with Crippen molar-refractivity contribution in [1.29, 1.82) is 0 Å². The quantitative estimate of drug-likeness (QED) is 0.544. The predicted molar refractivity (Wildman–Crippen MR) is 73.3 cm³/mol. The van der Waals surface area contributed by atoms with Crippen LogP contribution in [0.2, 0.25) is 0 Å². The van der Waals surface area contributed by atoms with Gasteiger partial charge in [0.25, 0.3) is 0 Å². The summed E-state index contributed by atoms with van der Waals surface area (Å²) in [6.07, 6.45) is 2.47. The average molecular weight is 303 g/mol. The first kappa shape index (κ1) is 14.0. The Morgan fingerprint density at radius 2 is 1.68 bits per heavy atom. The monoisotopic (exact) mass is 303 g/mol. The second-order valence-corrected chi connectivity index (χ2v) is 4.36. The van der Waals surface area contributed by atoms with E-state index in [1.807, 2.05) is 0 Å². The number of benzene rings is 2. The van der Waals surface area contributed by atoms with Crippen LogP contribution in [0.25, 0.3) is 11.4 Å². The first-order chi connectivity index (χ1) is 10.6. The largest absolute Gasteiger partial charge is 0.342 e. The van der Waals surface area contributed by atoms with Gasteiger partial charge in [0.2, 0.25) is 12.2 Å². The zero-order valence-electron chi connectivity index (χ0n) is 11.0. The molecule has 0 spiro atoms. The molecule has 0 fully saturated rings. The van der Waals surface area contributed by atoms with Crippen molar-refractivity contribution in [1.82, 2.24) is 10.1 Å². The van der Waals surface area contributed by atoms with E-state index in [0.29, 0.717) is 11.5 Å². The number of nitrogens with zero attached hydrogens (tertiary/aromatic N) is 3. The molecule has 0 amide bonds. The van der Waals surface area contributed by atoms with E-state index in [0.717, 1.165) is 17.7 Å². The van der Waals surface area contributed by atoms with Crippen molar-refractivity contribution >= 4 is 11.9 Å². The SMILES string of the molecule is Fc1cc(C=Nc2ccc(-c3ncon3)cc2)cc(F)c1F. The Morgan fingerprint density at radius 3 is 2.27 bits per heavy atom. The number of aliphatic imine (C=N–C) groups is 1. The van der Waals surface area contributed by atoms with E-state index in [1.165, 1.54) is 12.6 Å². The van der Waals surface area contributed by atoms with E-state index in [9.17, 15) is 13.2 Å². The molecule has 0 atom stereocenters. The van der Waals surface area contributed by atoms with Crippen LogP contribution in [0.5, 0.6) is 0 Å². The molecule has 0 unspecified atom stereocenters. The van der Waals surface area contributed by atoms with Crippen LogP contribution < -0.4 is 0 Å². The Kier molecular flexibility index (Phi) is 3.69. The molecule has 1 heterocycles. The highest BCUT2D eigenvalue weighted by Crippen LogP contribution is 2.20. The highest BCUT2D eigenvalue weighted by atomic mass is 19.2. The fourth-order valence-corrected chi connectivity index (χ4v) is 1.79. The topological polar surface area (TPSA) is 51.3 Å². The van der Waals surface area contributed by atoms with Gasteiger partial charge in [0.05, 0.1) is 5.69 Å². The van der Waals surface area contributed by atoms with Crippen LogP contribution in [0.3, 0.4) is 0 Å². The van der Waals surface area contributed by atoms with Gasteiger partial charge in [0, 0.05) is 11.8 Å². The van der Waals surface area contributed by atoms with Gasteiger partial charge in [-0.15, -0.1) is 0 Å². The first-order valence-electron chi connectivity index (χ1n) is 6.19. The Bertz CT molecular complexity index is 792. The molecule has 1 aromatic heterocycles. The Morgan fingerprint density at radius 1 is 1.00 bits per heavy atom. The smallest absolute Gasteiger partial charge is 0.214 e. The van der Waals surface area contributed by atoms with E-state index < -0.39 is 17.5 Å². The molecule has 7 heteroatoms. The zero-order chi connectivity index (χ0) is 15.5. The standard InChI is InChI=1S/C15H8F3N3O/c16-12-5-9(6-13(17)14(12)18)7-19-11-3-1-10(2-4-11)15-20-8-22-21-15/h1-8H. The minimum atomic E-state index is -1.50. The summed E-state index contributed by atoms with van der Waals surface area (Å²) >= 11 is 0. The lowest BCUT2D eigenvalue weighted by atomic mass is 10.2. The molecular formula is C15H8F3N3O. The minimum Gasteiger partial charge on any atom is -0.342 e. The van der Waals surface area contributed by atoms with Crippen molar-refractivity contribution in [2.24, 2.45) is 4.99 Å². The lowest BCUT2D eigenvalue weighted by Gasteiger charge is -1.99. The van der Waals surface area contributed by atoms with Gasteiger partial charge in [-0.3, -0.25) is 4.99 Å². The average Bonchev–Trinajstić information content (AvgIpc) is 3.05. The maximum atomic E-state index is 13.1. The highest BCUT2D eigenvalue weighted by Gasteiger charge is 2.09. The second-order valence-electron chi connectivity index (χ2n) is 4.36. The summed E-state index contributed by atoms with van der Waals surface area (Å²) in [6, 6.07) is 8.55. The molecule has 22 heavy (non-hydrogen) atoms. The second kappa shape index (κ2) is 5.80.